The largest absolute Gasteiger partial charge is 0.354 e. The molecule has 1 aromatic heterocycles. The summed E-state index contributed by atoms with van der Waals surface area (Å²) in [5.41, 5.74) is 1.34. The van der Waals surface area contributed by atoms with Crippen molar-refractivity contribution in [1.82, 2.24) is 15.6 Å². The zero-order valence-electron chi connectivity index (χ0n) is 11.5. The third kappa shape index (κ3) is 2.82. The van der Waals surface area contributed by atoms with Crippen LogP contribution in [0, 0.1) is 11.3 Å². The molecule has 6 nitrogen and oxygen atoms in total. The Bertz CT molecular complexity index is 778. The van der Waals surface area contributed by atoms with E-state index in [4.69, 9.17) is 5.26 Å². The lowest BCUT2D eigenvalue weighted by molar-refractivity contribution is -0.120. The van der Waals surface area contributed by atoms with Crippen molar-refractivity contribution in [2.45, 2.75) is 12.5 Å². The molecule has 2 amide bonds. The van der Waals surface area contributed by atoms with Gasteiger partial charge in [0.2, 0.25) is 5.91 Å². The van der Waals surface area contributed by atoms with E-state index < -0.39 is 6.04 Å². The maximum absolute atomic E-state index is 12.1. The Hall–Kier alpha value is -2.72. The van der Waals surface area contributed by atoms with E-state index in [1.807, 2.05) is 6.07 Å². The molecule has 0 aliphatic carbocycles. The van der Waals surface area contributed by atoms with Crippen molar-refractivity contribution in [3.05, 3.63) is 40.9 Å². The lowest BCUT2D eigenvalue weighted by Crippen LogP contribution is -2.39. The zero-order valence-corrected chi connectivity index (χ0v) is 12.3. The van der Waals surface area contributed by atoms with Gasteiger partial charge in [-0.3, -0.25) is 9.59 Å². The number of carbonyl (C=O) groups is 2. The topological polar surface area (TPSA) is 94.9 Å². The zero-order chi connectivity index (χ0) is 15.5. The first kappa shape index (κ1) is 14.2. The molecule has 1 aliphatic rings. The van der Waals surface area contributed by atoms with Crippen LogP contribution in [0.5, 0.6) is 0 Å². The summed E-state index contributed by atoms with van der Waals surface area (Å²) in [5.74, 6) is -0.456. The molecule has 1 aliphatic heterocycles. The molecule has 2 heterocycles. The first-order chi connectivity index (χ1) is 10.7. The lowest BCUT2D eigenvalue weighted by atomic mass is 10.1. The molecule has 1 aromatic carbocycles. The van der Waals surface area contributed by atoms with E-state index in [1.165, 1.54) is 17.5 Å². The average molecular weight is 312 g/mol. The molecule has 1 saturated heterocycles. The van der Waals surface area contributed by atoms with E-state index in [9.17, 15) is 9.59 Å². The van der Waals surface area contributed by atoms with E-state index in [0.717, 1.165) is 5.56 Å². The molecular formula is C15H12N4O2S. The SMILES string of the molecule is N#Cc1cccc(-c2ncc(C(=O)NC3CCNC3=O)s2)c1. The molecule has 7 heteroatoms. The molecule has 1 unspecified atom stereocenters. The summed E-state index contributed by atoms with van der Waals surface area (Å²) < 4.78 is 0. The highest BCUT2D eigenvalue weighted by molar-refractivity contribution is 7.16. The predicted octanol–water partition coefficient (Wildman–Crippen LogP) is 1.30. The summed E-state index contributed by atoms with van der Waals surface area (Å²) in [6.45, 7) is 0.582. The van der Waals surface area contributed by atoms with Crippen LogP contribution in [0.2, 0.25) is 0 Å². The highest BCUT2D eigenvalue weighted by Crippen LogP contribution is 2.25. The molecule has 110 valence electrons. The van der Waals surface area contributed by atoms with Gasteiger partial charge in [-0.15, -0.1) is 11.3 Å². The van der Waals surface area contributed by atoms with Crippen molar-refractivity contribution < 1.29 is 9.59 Å². The number of thiazole rings is 1. The average Bonchev–Trinajstić information content (AvgIpc) is 3.17. The third-order valence-corrected chi connectivity index (χ3v) is 4.37. The van der Waals surface area contributed by atoms with E-state index in [0.29, 0.717) is 28.4 Å². The van der Waals surface area contributed by atoms with Crippen molar-refractivity contribution in [1.29, 1.82) is 5.26 Å². The Morgan fingerprint density at radius 3 is 3.09 bits per heavy atom. The van der Waals surface area contributed by atoms with Gasteiger partial charge in [-0.25, -0.2) is 4.98 Å². The van der Waals surface area contributed by atoms with Crippen LogP contribution in [-0.4, -0.2) is 29.4 Å². The molecule has 0 bridgehead atoms. The quantitative estimate of drug-likeness (QED) is 0.893. The minimum atomic E-state index is -0.472. The Labute approximate surface area is 130 Å². The number of nitrogens with one attached hydrogen (secondary N) is 2. The monoisotopic (exact) mass is 312 g/mol. The first-order valence-corrected chi connectivity index (χ1v) is 7.54. The molecule has 1 atom stereocenters. The van der Waals surface area contributed by atoms with Gasteiger partial charge in [0.15, 0.2) is 0 Å². The molecule has 1 fully saturated rings. The number of amides is 2. The summed E-state index contributed by atoms with van der Waals surface area (Å²) in [4.78, 5) is 28.3. The molecular weight excluding hydrogens is 300 g/mol. The van der Waals surface area contributed by atoms with Crippen LogP contribution in [0.3, 0.4) is 0 Å². The normalized spacial score (nSPS) is 16.9. The molecule has 0 spiro atoms. The number of nitriles is 1. The minimum absolute atomic E-state index is 0.153. The summed E-state index contributed by atoms with van der Waals surface area (Å²) >= 11 is 1.23. The fourth-order valence-electron chi connectivity index (χ4n) is 2.20. The summed E-state index contributed by atoms with van der Waals surface area (Å²) in [6, 6.07) is 8.65. The van der Waals surface area contributed by atoms with Gasteiger partial charge >= 0.3 is 0 Å². The van der Waals surface area contributed by atoms with Gasteiger partial charge in [0, 0.05) is 12.1 Å². The fraction of sp³-hybridized carbons (Fsp3) is 0.200. The maximum Gasteiger partial charge on any atom is 0.263 e. The number of hydrogen-bond donors (Lipinski definition) is 2. The van der Waals surface area contributed by atoms with Crippen LogP contribution in [-0.2, 0) is 4.79 Å². The van der Waals surface area contributed by atoms with Crippen molar-refractivity contribution in [3.8, 4) is 16.6 Å². The Morgan fingerprint density at radius 2 is 2.36 bits per heavy atom. The number of aromatic nitrogens is 1. The molecule has 0 saturated carbocycles. The molecule has 2 N–H and O–H groups in total. The van der Waals surface area contributed by atoms with Crippen LogP contribution in [0.25, 0.3) is 10.6 Å². The number of rotatable bonds is 3. The Balaban J connectivity index is 1.77. The van der Waals surface area contributed by atoms with Gasteiger partial charge < -0.3 is 10.6 Å². The molecule has 0 radical (unpaired) electrons. The summed E-state index contributed by atoms with van der Waals surface area (Å²) in [5, 5.41) is 15.0. The van der Waals surface area contributed by atoms with E-state index in [-0.39, 0.29) is 11.8 Å². The van der Waals surface area contributed by atoms with Crippen molar-refractivity contribution in [2.75, 3.05) is 6.54 Å². The second-order valence-corrected chi connectivity index (χ2v) is 5.86. The number of carbonyl (C=O) groups excluding carboxylic acids is 2. The van der Waals surface area contributed by atoms with Crippen molar-refractivity contribution in [2.24, 2.45) is 0 Å². The highest BCUT2D eigenvalue weighted by Gasteiger charge is 2.26. The highest BCUT2D eigenvalue weighted by atomic mass is 32.1. The lowest BCUT2D eigenvalue weighted by Gasteiger charge is -2.07. The van der Waals surface area contributed by atoms with Crippen LogP contribution in [0.15, 0.2) is 30.5 Å². The van der Waals surface area contributed by atoms with E-state index in [2.05, 4.69) is 21.7 Å². The maximum atomic E-state index is 12.1. The van der Waals surface area contributed by atoms with Crippen LogP contribution in [0.1, 0.15) is 21.7 Å². The molecule has 3 rings (SSSR count). The minimum Gasteiger partial charge on any atom is -0.354 e. The second kappa shape index (κ2) is 5.95. The molecule has 22 heavy (non-hydrogen) atoms. The Morgan fingerprint density at radius 1 is 1.50 bits per heavy atom. The Kier molecular flexibility index (Phi) is 3.85. The smallest absolute Gasteiger partial charge is 0.263 e. The van der Waals surface area contributed by atoms with Crippen molar-refractivity contribution >= 4 is 23.2 Å². The van der Waals surface area contributed by atoms with Gasteiger partial charge in [0.1, 0.15) is 15.9 Å². The second-order valence-electron chi connectivity index (χ2n) is 4.83. The van der Waals surface area contributed by atoms with Gasteiger partial charge in [0.05, 0.1) is 17.8 Å². The van der Waals surface area contributed by atoms with Gasteiger partial charge in [-0.1, -0.05) is 12.1 Å². The number of benzene rings is 1. The van der Waals surface area contributed by atoms with Gasteiger partial charge in [-0.2, -0.15) is 5.26 Å². The van der Waals surface area contributed by atoms with Crippen LogP contribution >= 0.6 is 11.3 Å². The number of nitrogens with zero attached hydrogens (tertiary/aromatic N) is 2. The van der Waals surface area contributed by atoms with E-state index >= 15 is 0 Å². The predicted molar refractivity (Wildman–Crippen MR) is 81.1 cm³/mol. The van der Waals surface area contributed by atoms with Gasteiger partial charge in [0.25, 0.3) is 5.91 Å². The fourth-order valence-corrected chi connectivity index (χ4v) is 3.01. The number of hydrogen-bond acceptors (Lipinski definition) is 5. The van der Waals surface area contributed by atoms with Crippen molar-refractivity contribution in [3.63, 3.8) is 0 Å². The summed E-state index contributed by atoms with van der Waals surface area (Å²) in [6.07, 6.45) is 2.09. The van der Waals surface area contributed by atoms with E-state index in [1.54, 1.807) is 18.2 Å². The third-order valence-electron chi connectivity index (χ3n) is 3.32. The first-order valence-electron chi connectivity index (χ1n) is 6.72. The standard InChI is InChI=1S/C15H12N4O2S/c16-7-9-2-1-3-10(6-9)15-18-8-12(22-15)14(21)19-11-4-5-17-13(11)20/h1-3,6,8,11H,4-5H2,(H,17,20)(H,19,21). The summed E-state index contributed by atoms with van der Waals surface area (Å²) in [7, 11) is 0. The van der Waals surface area contributed by atoms with Gasteiger partial charge in [-0.05, 0) is 18.6 Å². The van der Waals surface area contributed by atoms with Crippen LogP contribution < -0.4 is 10.6 Å². The van der Waals surface area contributed by atoms with Crippen LogP contribution in [0.4, 0.5) is 0 Å². The molecule has 2 aromatic rings.